The largest absolute Gasteiger partial charge is 0.322 e. The zero-order valence-corrected chi connectivity index (χ0v) is 14.6. The van der Waals surface area contributed by atoms with Crippen LogP contribution in [0.1, 0.15) is 33.6 Å². The highest BCUT2D eigenvalue weighted by Gasteiger charge is 2.28. The minimum atomic E-state index is -0.0910. The van der Waals surface area contributed by atoms with Crippen LogP contribution < -0.4 is 0 Å². The Morgan fingerprint density at radius 3 is 1.46 bits per heavy atom. The Bertz CT molecular complexity index is 709. The predicted molar refractivity (Wildman–Crippen MR) is 99.3 cm³/mol. The van der Waals surface area contributed by atoms with Crippen molar-refractivity contribution in [1.29, 1.82) is 0 Å². The Balaban J connectivity index is 1.46. The van der Waals surface area contributed by atoms with Gasteiger partial charge in [0, 0.05) is 50.1 Å². The maximum absolute atomic E-state index is 12.4. The number of Topliss-reactive ketones (excluding diaryl/α,β-unsaturated/α-hetero) is 2. The molecule has 134 valence electrons. The first-order chi connectivity index (χ1) is 12.6. The van der Waals surface area contributed by atoms with Crippen LogP contribution in [0.3, 0.4) is 0 Å². The second-order valence-corrected chi connectivity index (χ2v) is 6.34. The highest BCUT2D eigenvalue weighted by molar-refractivity contribution is 5.97. The Morgan fingerprint density at radius 1 is 0.692 bits per heavy atom. The molecule has 2 aromatic carbocycles. The summed E-state index contributed by atoms with van der Waals surface area (Å²) in [5, 5.41) is 0. The van der Waals surface area contributed by atoms with Gasteiger partial charge in [0.2, 0.25) is 0 Å². The monoisotopic (exact) mass is 350 g/mol. The van der Waals surface area contributed by atoms with Gasteiger partial charge in [-0.1, -0.05) is 60.7 Å². The van der Waals surface area contributed by atoms with Gasteiger partial charge < -0.3 is 9.80 Å². The Morgan fingerprint density at radius 2 is 1.08 bits per heavy atom. The Hall–Kier alpha value is -2.95. The molecule has 2 aromatic rings. The summed E-state index contributed by atoms with van der Waals surface area (Å²) >= 11 is 0. The third-order valence-corrected chi connectivity index (χ3v) is 4.59. The van der Waals surface area contributed by atoms with Gasteiger partial charge in [-0.25, -0.2) is 4.79 Å². The molecule has 26 heavy (non-hydrogen) atoms. The predicted octanol–water partition coefficient (Wildman–Crippen LogP) is 3.27. The van der Waals surface area contributed by atoms with Crippen LogP contribution in [0.2, 0.25) is 0 Å². The van der Waals surface area contributed by atoms with Crippen molar-refractivity contribution < 1.29 is 14.4 Å². The van der Waals surface area contributed by atoms with Crippen LogP contribution in [0.5, 0.6) is 0 Å². The van der Waals surface area contributed by atoms with Gasteiger partial charge in [0.05, 0.1) is 0 Å². The van der Waals surface area contributed by atoms with E-state index in [-0.39, 0.29) is 17.6 Å². The van der Waals surface area contributed by atoms with Gasteiger partial charge in [0.1, 0.15) is 0 Å². The molecule has 0 atom stereocenters. The van der Waals surface area contributed by atoms with Gasteiger partial charge >= 0.3 is 6.03 Å². The van der Waals surface area contributed by atoms with Crippen LogP contribution in [0, 0.1) is 0 Å². The average Bonchev–Trinajstić information content (AvgIpc) is 3.05. The van der Waals surface area contributed by atoms with E-state index in [1.165, 1.54) is 0 Å². The van der Waals surface area contributed by atoms with E-state index in [4.69, 9.17) is 0 Å². The van der Waals surface area contributed by atoms with Crippen molar-refractivity contribution in [1.82, 2.24) is 9.80 Å². The molecule has 0 N–H and O–H groups in total. The summed E-state index contributed by atoms with van der Waals surface area (Å²) in [6, 6.07) is 18.1. The van der Waals surface area contributed by atoms with Gasteiger partial charge in [0.25, 0.3) is 0 Å². The smallest absolute Gasteiger partial charge is 0.320 e. The number of hydrogen-bond acceptors (Lipinski definition) is 3. The summed E-state index contributed by atoms with van der Waals surface area (Å²) in [7, 11) is 0. The van der Waals surface area contributed by atoms with Crippen LogP contribution in [0.25, 0.3) is 0 Å². The molecule has 5 heteroatoms. The quantitative estimate of drug-likeness (QED) is 0.687. The average molecular weight is 350 g/mol. The van der Waals surface area contributed by atoms with Crippen molar-refractivity contribution in [3.05, 3.63) is 71.8 Å². The molecular formula is C21H22N2O3. The lowest BCUT2D eigenvalue weighted by atomic mass is 10.1. The minimum Gasteiger partial charge on any atom is -0.322 e. The van der Waals surface area contributed by atoms with E-state index in [9.17, 15) is 14.4 Å². The third-order valence-electron chi connectivity index (χ3n) is 4.59. The minimum absolute atomic E-state index is 0.0381. The third kappa shape index (κ3) is 4.36. The van der Waals surface area contributed by atoms with E-state index in [0.29, 0.717) is 50.1 Å². The number of urea groups is 1. The fraction of sp³-hybridized carbons (Fsp3) is 0.286. The maximum atomic E-state index is 12.4. The van der Waals surface area contributed by atoms with Crippen molar-refractivity contribution in [2.24, 2.45) is 0 Å². The van der Waals surface area contributed by atoms with Gasteiger partial charge in [-0.15, -0.1) is 0 Å². The van der Waals surface area contributed by atoms with E-state index < -0.39 is 0 Å². The number of hydrogen-bond donors (Lipinski definition) is 0. The molecule has 1 fully saturated rings. The highest BCUT2D eigenvalue weighted by Crippen LogP contribution is 2.13. The highest BCUT2D eigenvalue weighted by atomic mass is 16.2. The molecule has 3 rings (SSSR count). The second-order valence-electron chi connectivity index (χ2n) is 6.34. The fourth-order valence-corrected chi connectivity index (χ4v) is 3.06. The first-order valence-electron chi connectivity index (χ1n) is 8.85. The fourth-order valence-electron chi connectivity index (χ4n) is 3.06. The summed E-state index contributed by atoms with van der Waals surface area (Å²) in [5.41, 5.74) is 1.34. The number of carbonyl (C=O) groups is 3. The molecule has 1 aliphatic heterocycles. The number of amides is 2. The lowest BCUT2D eigenvalue weighted by molar-refractivity contribution is 0.0968. The van der Waals surface area contributed by atoms with Crippen LogP contribution >= 0.6 is 0 Å². The summed E-state index contributed by atoms with van der Waals surface area (Å²) in [6.45, 7) is 2.02. The first kappa shape index (κ1) is 17.9. The van der Waals surface area contributed by atoms with E-state index in [0.717, 1.165) is 0 Å². The first-order valence-corrected chi connectivity index (χ1v) is 8.85. The topological polar surface area (TPSA) is 57.7 Å². The molecule has 1 saturated heterocycles. The lowest BCUT2D eigenvalue weighted by Gasteiger charge is -2.18. The van der Waals surface area contributed by atoms with E-state index >= 15 is 0 Å². The molecule has 0 radical (unpaired) electrons. The molecule has 2 amide bonds. The van der Waals surface area contributed by atoms with E-state index in [2.05, 4.69) is 0 Å². The molecule has 0 bridgehead atoms. The van der Waals surface area contributed by atoms with Gasteiger partial charge in [-0.05, 0) is 0 Å². The summed E-state index contributed by atoms with van der Waals surface area (Å²) in [5.74, 6) is 0.0761. The van der Waals surface area contributed by atoms with Gasteiger partial charge in [0.15, 0.2) is 11.6 Å². The Kier molecular flexibility index (Phi) is 5.79. The molecule has 0 spiro atoms. The molecule has 0 aliphatic carbocycles. The standard InChI is InChI=1S/C21H22N2O3/c24-19(17-7-3-1-4-8-17)11-13-22-15-16-23(21(22)26)14-12-20(25)18-9-5-2-6-10-18/h1-10H,11-16H2. The van der Waals surface area contributed by atoms with Crippen molar-refractivity contribution in [2.75, 3.05) is 26.2 Å². The summed E-state index contributed by atoms with van der Waals surface area (Å²) in [6.07, 6.45) is 0.624. The van der Waals surface area contributed by atoms with Crippen LogP contribution in [-0.4, -0.2) is 53.6 Å². The van der Waals surface area contributed by atoms with Crippen LogP contribution in [-0.2, 0) is 0 Å². The van der Waals surface area contributed by atoms with Crippen molar-refractivity contribution >= 4 is 17.6 Å². The van der Waals surface area contributed by atoms with Crippen LogP contribution in [0.4, 0.5) is 4.79 Å². The number of rotatable bonds is 8. The number of ketones is 2. The number of benzene rings is 2. The normalized spacial score (nSPS) is 13.9. The summed E-state index contributed by atoms with van der Waals surface area (Å²) in [4.78, 5) is 40.1. The lowest BCUT2D eigenvalue weighted by Crippen LogP contribution is -2.34. The molecule has 0 aromatic heterocycles. The molecular weight excluding hydrogens is 328 g/mol. The summed E-state index contributed by atoms with van der Waals surface area (Å²) < 4.78 is 0. The van der Waals surface area contributed by atoms with E-state index in [1.54, 1.807) is 34.1 Å². The molecule has 1 heterocycles. The number of carbonyl (C=O) groups excluding carboxylic acids is 3. The van der Waals surface area contributed by atoms with Crippen LogP contribution in [0.15, 0.2) is 60.7 Å². The second kappa shape index (κ2) is 8.43. The molecule has 1 aliphatic rings. The Labute approximate surface area is 153 Å². The molecule has 5 nitrogen and oxygen atoms in total. The van der Waals surface area contributed by atoms with Crippen molar-refractivity contribution in [3.8, 4) is 0 Å². The van der Waals surface area contributed by atoms with Gasteiger partial charge in [-0.2, -0.15) is 0 Å². The number of nitrogens with zero attached hydrogens (tertiary/aromatic N) is 2. The van der Waals surface area contributed by atoms with Crippen molar-refractivity contribution in [3.63, 3.8) is 0 Å². The van der Waals surface area contributed by atoms with Gasteiger partial charge in [-0.3, -0.25) is 9.59 Å². The zero-order valence-electron chi connectivity index (χ0n) is 14.6. The van der Waals surface area contributed by atoms with E-state index in [1.807, 2.05) is 36.4 Å². The molecule has 0 unspecified atom stereocenters. The SMILES string of the molecule is O=C(CCN1CCN(CCC(=O)c2ccccc2)C1=O)c1ccccc1. The molecule has 0 saturated carbocycles. The van der Waals surface area contributed by atoms with Crippen molar-refractivity contribution in [2.45, 2.75) is 12.8 Å². The zero-order chi connectivity index (χ0) is 18.4. The maximum Gasteiger partial charge on any atom is 0.320 e.